The van der Waals surface area contributed by atoms with E-state index in [-0.39, 0.29) is 0 Å². The van der Waals surface area contributed by atoms with Gasteiger partial charge in [0.15, 0.2) is 5.11 Å². The Hall–Kier alpha value is -1.33. The molecular formula is C14H10Cl3N3S. The Morgan fingerprint density at radius 1 is 1.10 bits per heavy atom. The first-order valence-corrected chi connectivity index (χ1v) is 7.40. The van der Waals surface area contributed by atoms with Gasteiger partial charge in [-0.15, -0.1) is 0 Å². The Morgan fingerprint density at radius 2 is 1.86 bits per heavy atom. The van der Waals surface area contributed by atoms with Crippen molar-refractivity contribution in [2.24, 2.45) is 5.10 Å². The highest BCUT2D eigenvalue weighted by Gasteiger charge is 2.01. The van der Waals surface area contributed by atoms with Gasteiger partial charge in [0.25, 0.3) is 0 Å². The van der Waals surface area contributed by atoms with Gasteiger partial charge in [-0.2, -0.15) is 5.10 Å². The van der Waals surface area contributed by atoms with E-state index in [2.05, 4.69) is 15.8 Å². The average molecular weight is 359 g/mol. The summed E-state index contributed by atoms with van der Waals surface area (Å²) >= 11 is 23.0. The first-order valence-electron chi connectivity index (χ1n) is 5.86. The van der Waals surface area contributed by atoms with Crippen LogP contribution < -0.4 is 10.7 Å². The molecule has 0 atom stereocenters. The Bertz CT molecular complexity index is 689. The molecule has 0 fully saturated rings. The number of thiocarbonyl (C=S) groups is 1. The van der Waals surface area contributed by atoms with Crippen LogP contribution in [0.25, 0.3) is 0 Å². The number of rotatable bonds is 3. The molecule has 0 saturated heterocycles. The smallest absolute Gasteiger partial charge is 0.191 e. The van der Waals surface area contributed by atoms with Gasteiger partial charge in [-0.25, -0.2) is 0 Å². The molecule has 0 spiro atoms. The molecule has 2 aromatic rings. The molecule has 0 radical (unpaired) electrons. The number of hydrogen-bond acceptors (Lipinski definition) is 2. The lowest BCUT2D eigenvalue weighted by molar-refractivity contribution is 1.05. The molecule has 2 rings (SSSR count). The van der Waals surface area contributed by atoms with Crippen molar-refractivity contribution in [2.75, 3.05) is 5.32 Å². The van der Waals surface area contributed by atoms with Crippen LogP contribution in [0.1, 0.15) is 5.56 Å². The summed E-state index contributed by atoms with van der Waals surface area (Å²) in [5.74, 6) is 0. The summed E-state index contributed by atoms with van der Waals surface area (Å²) in [5.41, 5.74) is 4.16. The van der Waals surface area contributed by atoms with E-state index < -0.39 is 0 Å². The van der Waals surface area contributed by atoms with Gasteiger partial charge in [0.2, 0.25) is 0 Å². The second-order valence-electron chi connectivity index (χ2n) is 3.98. The summed E-state index contributed by atoms with van der Waals surface area (Å²) < 4.78 is 0. The highest BCUT2D eigenvalue weighted by atomic mass is 35.5. The van der Waals surface area contributed by atoms with Crippen molar-refractivity contribution in [3.8, 4) is 0 Å². The lowest BCUT2D eigenvalue weighted by Crippen LogP contribution is -2.23. The quantitative estimate of drug-likeness (QED) is 0.462. The fourth-order valence-corrected chi connectivity index (χ4v) is 2.22. The lowest BCUT2D eigenvalue weighted by Gasteiger charge is -2.07. The summed E-state index contributed by atoms with van der Waals surface area (Å²) in [4.78, 5) is 0. The maximum Gasteiger partial charge on any atom is 0.191 e. The predicted octanol–water partition coefficient (Wildman–Crippen LogP) is 4.97. The van der Waals surface area contributed by atoms with Crippen LogP contribution in [0.4, 0.5) is 5.69 Å². The molecular weight excluding hydrogens is 349 g/mol. The molecule has 0 aliphatic heterocycles. The largest absolute Gasteiger partial charge is 0.331 e. The zero-order valence-electron chi connectivity index (χ0n) is 10.6. The van der Waals surface area contributed by atoms with Crippen LogP contribution in [0.15, 0.2) is 47.6 Å². The van der Waals surface area contributed by atoms with E-state index in [0.29, 0.717) is 25.7 Å². The van der Waals surface area contributed by atoms with E-state index in [1.807, 2.05) is 12.1 Å². The molecule has 0 aliphatic rings. The van der Waals surface area contributed by atoms with Crippen molar-refractivity contribution >= 4 is 64.0 Å². The number of benzene rings is 2. The Morgan fingerprint density at radius 3 is 2.62 bits per heavy atom. The van der Waals surface area contributed by atoms with E-state index in [1.165, 1.54) is 0 Å². The molecule has 108 valence electrons. The Kier molecular flexibility index (Phi) is 5.82. The number of nitrogens with zero attached hydrogens (tertiary/aromatic N) is 1. The molecule has 0 bridgehead atoms. The lowest BCUT2D eigenvalue weighted by atomic mass is 10.2. The monoisotopic (exact) mass is 357 g/mol. The van der Waals surface area contributed by atoms with Crippen molar-refractivity contribution in [1.29, 1.82) is 0 Å². The number of hydrogen-bond donors (Lipinski definition) is 2. The maximum absolute atomic E-state index is 6.04. The third kappa shape index (κ3) is 4.86. The highest BCUT2D eigenvalue weighted by Crippen LogP contribution is 2.24. The minimum atomic E-state index is 0.340. The molecule has 7 heteroatoms. The van der Waals surface area contributed by atoms with Gasteiger partial charge in [0, 0.05) is 16.3 Å². The number of hydrazone groups is 1. The zero-order valence-corrected chi connectivity index (χ0v) is 13.7. The van der Waals surface area contributed by atoms with Crippen LogP contribution in [-0.4, -0.2) is 11.3 Å². The van der Waals surface area contributed by atoms with Gasteiger partial charge < -0.3 is 5.32 Å². The van der Waals surface area contributed by atoms with Crippen molar-refractivity contribution < 1.29 is 0 Å². The van der Waals surface area contributed by atoms with Gasteiger partial charge in [-0.05, 0) is 36.5 Å². The van der Waals surface area contributed by atoms with Gasteiger partial charge in [-0.3, -0.25) is 5.43 Å². The summed E-state index contributed by atoms with van der Waals surface area (Å²) in [6, 6.07) is 12.5. The predicted molar refractivity (Wildman–Crippen MR) is 94.9 cm³/mol. The molecule has 3 nitrogen and oxygen atoms in total. The van der Waals surface area contributed by atoms with E-state index in [1.54, 1.807) is 36.5 Å². The Balaban J connectivity index is 1.95. The van der Waals surface area contributed by atoms with Crippen molar-refractivity contribution in [3.63, 3.8) is 0 Å². The SMILES string of the molecule is S=C(NN=Cc1cccc(Cl)c1Cl)Nc1cccc(Cl)c1. The normalized spacial score (nSPS) is 10.6. The van der Waals surface area contributed by atoms with Crippen LogP contribution >= 0.6 is 47.0 Å². The molecule has 0 aliphatic carbocycles. The minimum Gasteiger partial charge on any atom is -0.331 e. The molecule has 0 aromatic heterocycles. The van der Waals surface area contributed by atoms with Crippen LogP contribution in [0.5, 0.6) is 0 Å². The summed E-state index contributed by atoms with van der Waals surface area (Å²) in [7, 11) is 0. The van der Waals surface area contributed by atoms with Crippen molar-refractivity contribution in [1.82, 2.24) is 5.43 Å². The van der Waals surface area contributed by atoms with Gasteiger partial charge in [-0.1, -0.05) is 53.0 Å². The van der Waals surface area contributed by atoms with Gasteiger partial charge in [0.1, 0.15) is 0 Å². The second-order valence-corrected chi connectivity index (χ2v) is 5.61. The standard InChI is InChI=1S/C14H10Cl3N3S/c15-10-4-2-5-11(7-10)19-14(21)20-18-8-9-3-1-6-12(16)13(9)17/h1-8H,(H2,19,20,21). The minimum absolute atomic E-state index is 0.340. The Labute approximate surface area is 142 Å². The van der Waals surface area contributed by atoms with Gasteiger partial charge in [0.05, 0.1) is 16.3 Å². The summed E-state index contributed by atoms with van der Waals surface area (Å²) in [5, 5.41) is 8.84. The summed E-state index contributed by atoms with van der Waals surface area (Å²) in [6.45, 7) is 0. The molecule has 0 unspecified atom stereocenters. The molecule has 2 aromatic carbocycles. The fraction of sp³-hybridized carbons (Fsp3) is 0. The number of anilines is 1. The molecule has 0 heterocycles. The van der Waals surface area contributed by atoms with E-state index in [4.69, 9.17) is 47.0 Å². The second kappa shape index (κ2) is 7.61. The first-order chi connectivity index (χ1) is 10.1. The maximum atomic E-state index is 6.04. The molecule has 0 saturated carbocycles. The third-order valence-corrected chi connectivity index (χ3v) is 3.70. The van der Waals surface area contributed by atoms with Gasteiger partial charge >= 0.3 is 0 Å². The van der Waals surface area contributed by atoms with Crippen molar-refractivity contribution in [3.05, 3.63) is 63.1 Å². The molecule has 21 heavy (non-hydrogen) atoms. The van der Waals surface area contributed by atoms with Crippen LogP contribution in [0, 0.1) is 0 Å². The van der Waals surface area contributed by atoms with Crippen LogP contribution in [0.2, 0.25) is 15.1 Å². The fourth-order valence-electron chi connectivity index (χ4n) is 1.51. The van der Waals surface area contributed by atoms with Crippen LogP contribution in [-0.2, 0) is 0 Å². The van der Waals surface area contributed by atoms with Crippen LogP contribution in [0.3, 0.4) is 0 Å². The van der Waals surface area contributed by atoms with E-state index >= 15 is 0 Å². The first kappa shape index (κ1) is 16.0. The van der Waals surface area contributed by atoms with E-state index in [9.17, 15) is 0 Å². The average Bonchev–Trinajstić information content (AvgIpc) is 2.43. The molecule has 2 N–H and O–H groups in total. The number of nitrogens with one attached hydrogen (secondary N) is 2. The topological polar surface area (TPSA) is 36.4 Å². The third-order valence-electron chi connectivity index (χ3n) is 2.43. The number of halogens is 3. The molecule has 0 amide bonds. The van der Waals surface area contributed by atoms with E-state index in [0.717, 1.165) is 5.69 Å². The summed E-state index contributed by atoms with van der Waals surface area (Å²) in [6.07, 6.45) is 1.54. The highest BCUT2D eigenvalue weighted by molar-refractivity contribution is 7.80. The zero-order chi connectivity index (χ0) is 15.2. The van der Waals surface area contributed by atoms with Crippen molar-refractivity contribution in [2.45, 2.75) is 0 Å².